The van der Waals surface area contributed by atoms with Crippen molar-refractivity contribution in [2.75, 3.05) is 23.0 Å². The Hall–Kier alpha value is -3.60. The Bertz CT molecular complexity index is 1540. The molecule has 0 radical (unpaired) electrons. The summed E-state index contributed by atoms with van der Waals surface area (Å²) in [5.41, 5.74) is 2.71. The number of pyridine rings is 1. The van der Waals surface area contributed by atoms with Crippen LogP contribution in [0.5, 0.6) is 5.75 Å². The normalized spacial score (nSPS) is 17.5. The molecule has 1 fully saturated rings. The van der Waals surface area contributed by atoms with Crippen molar-refractivity contribution in [1.29, 1.82) is 0 Å². The monoisotopic (exact) mass is 554 g/mol. The van der Waals surface area contributed by atoms with Crippen LogP contribution in [0.4, 0.5) is 11.4 Å². The lowest BCUT2D eigenvalue weighted by atomic mass is 10.0. The fourth-order valence-electron chi connectivity index (χ4n) is 4.32. The number of hydrogen-bond donors (Lipinski definition) is 2. The smallest absolute Gasteiger partial charge is 0.229 e. The number of sulfonamides is 1. The number of rotatable bonds is 7. The van der Waals surface area contributed by atoms with Crippen molar-refractivity contribution in [3.63, 3.8) is 0 Å². The molecule has 0 amide bonds. The number of halogens is 1. The quantitative estimate of drug-likeness (QED) is 0.287. The zero-order valence-corrected chi connectivity index (χ0v) is 22.3. The van der Waals surface area contributed by atoms with E-state index in [1.54, 1.807) is 24.4 Å². The van der Waals surface area contributed by atoms with Crippen molar-refractivity contribution >= 4 is 50.3 Å². The number of benzene rings is 2. The summed E-state index contributed by atoms with van der Waals surface area (Å²) in [6.45, 7) is 0. The van der Waals surface area contributed by atoms with E-state index in [9.17, 15) is 8.42 Å². The Kier molecular flexibility index (Phi) is 6.80. The van der Waals surface area contributed by atoms with Crippen LogP contribution in [-0.2, 0) is 10.0 Å². The van der Waals surface area contributed by atoms with Crippen molar-refractivity contribution in [3.8, 4) is 17.1 Å². The van der Waals surface area contributed by atoms with Gasteiger partial charge in [0.05, 0.1) is 30.8 Å². The van der Waals surface area contributed by atoms with Gasteiger partial charge in [-0.2, -0.15) is 0 Å². The van der Waals surface area contributed by atoms with E-state index in [2.05, 4.69) is 15.0 Å². The van der Waals surface area contributed by atoms with Crippen LogP contribution in [0.1, 0.15) is 23.5 Å². The molecule has 0 saturated carbocycles. The van der Waals surface area contributed by atoms with Crippen molar-refractivity contribution in [2.45, 2.75) is 12.1 Å². The Morgan fingerprint density at radius 3 is 2.57 bits per heavy atom. The first-order valence-corrected chi connectivity index (χ1v) is 13.9. The van der Waals surface area contributed by atoms with Gasteiger partial charge in [-0.1, -0.05) is 17.7 Å². The molecule has 2 aromatic heterocycles. The molecule has 1 aliphatic rings. The third-order valence-corrected chi connectivity index (χ3v) is 7.06. The maximum absolute atomic E-state index is 11.8. The second-order valence-electron chi connectivity index (χ2n) is 8.46. The summed E-state index contributed by atoms with van der Waals surface area (Å²) in [7, 11) is -2.01. The van der Waals surface area contributed by atoms with Gasteiger partial charge in [0.1, 0.15) is 23.3 Å². The topological polar surface area (TPSA) is 96.7 Å². The summed E-state index contributed by atoms with van der Waals surface area (Å²) in [5, 5.41) is 4.49. The molecule has 37 heavy (non-hydrogen) atoms. The molecule has 2 aromatic carbocycles. The van der Waals surface area contributed by atoms with Gasteiger partial charge in [-0.05, 0) is 72.9 Å². The highest BCUT2D eigenvalue weighted by atomic mass is 35.5. The molecule has 11 heteroatoms. The second-order valence-corrected chi connectivity index (χ2v) is 11.0. The fraction of sp³-hybridized carbons (Fsp3) is 0.154. The third kappa shape index (κ3) is 5.27. The molecule has 4 aromatic rings. The number of nitrogens with one attached hydrogen (secondary N) is 2. The van der Waals surface area contributed by atoms with Crippen molar-refractivity contribution < 1.29 is 17.6 Å². The van der Waals surface area contributed by atoms with E-state index >= 15 is 0 Å². The summed E-state index contributed by atoms with van der Waals surface area (Å²) < 4.78 is 37.9. The molecule has 1 aliphatic heterocycles. The largest absolute Gasteiger partial charge is 0.494 e. The van der Waals surface area contributed by atoms with Gasteiger partial charge in [0.2, 0.25) is 10.0 Å². The standard InChI is InChI=1S/C26H23ClN4O4S2/c1-34-23-15-18(10-11-19(23)30-37(2,32)33)31-25(24(29-26(31)36)20-5-3-4-14-28-20)22-13-12-21(35-22)16-6-8-17(27)9-7-16/h3-15,24-25,30H,1-2H3,(H,29,36)/t24-,25-/m1/s1. The maximum atomic E-state index is 11.8. The molecule has 0 aliphatic carbocycles. The highest BCUT2D eigenvalue weighted by molar-refractivity contribution is 7.92. The second kappa shape index (κ2) is 10.0. The minimum absolute atomic E-state index is 0.308. The Morgan fingerprint density at radius 1 is 1.11 bits per heavy atom. The third-order valence-electron chi connectivity index (χ3n) is 5.90. The van der Waals surface area contributed by atoms with Gasteiger partial charge >= 0.3 is 0 Å². The molecule has 190 valence electrons. The number of hydrogen-bond acceptors (Lipinski definition) is 6. The number of methoxy groups -OCH3 is 1. The molecule has 1 saturated heterocycles. The predicted octanol–water partition coefficient (Wildman–Crippen LogP) is 5.55. The molecule has 5 rings (SSSR count). The highest BCUT2D eigenvalue weighted by Gasteiger charge is 2.42. The summed E-state index contributed by atoms with van der Waals surface area (Å²) in [6, 6.07) is 21.4. The van der Waals surface area contributed by atoms with Crippen LogP contribution in [0.2, 0.25) is 5.02 Å². The summed E-state index contributed by atoms with van der Waals surface area (Å²) in [4.78, 5) is 6.48. The number of anilines is 2. The van der Waals surface area contributed by atoms with Crippen LogP contribution in [-0.4, -0.2) is 31.9 Å². The number of nitrogens with zero attached hydrogens (tertiary/aromatic N) is 2. The van der Waals surface area contributed by atoms with Gasteiger partial charge in [0.25, 0.3) is 0 Å². The predicted molar refractivity (Wildman–Crippen MR) is 149 cm³/mol. The van der Waals surface area contributed by atoms with Gasteiger partial charge < -0.3 is 19.4 Å². The Labute approximate surface area is 225 Å². The Balaban J connectivity index is 1.59. The Morgan fingerprint density at radius 2 is 1.89 bits per heavy atom. The molecule has 2 atom stereocenters. The van der Waals surface area contributed by atoms with E-state index in [1.807, 2.05) is 59.5 Å². The van der Waals surface area contributed by atoms with Crippen LogP contribution in [0.25, 0.3) is 11.3 Å². The van der Waals surface area contributed by atoms with Crippen molar-refractivity contribution in [1.82, 2.24) is 10.3 Å². The molecule has 0 spiro atoms. The van der Waals surface area contributed by atoms with Crippen LogP contribution in [0.15, 0.2) is 83.4 Å². The number of furan rings is 1. The van der Waals surface area contributed by atoms with Crippen LogP contribution >= 0.6 is 23.8 Å². The summed E-state index contributed by atoms with van der Waals surface area (Å²) in [6.07, 6.45) is 2.82. The van der Waals surface area contributed by atoms with Crippen molar-refractivity contribution in [3.05, 3.63) is 95.5 Å². The lowest BCUT2D eigenvalue weighted by molar-refractivity contribution is 0.416. The molecule has 8 nitrogen and oxygen atoms in total. The van der Waals surface area contributed by atoms with E-state index < -0.39 is 10.0 Å². The highest BCUT2D eigenvalue weighted by Crippen LogP contribution is 2.44. The molecular formula is C26H23ClN4O4S2. The number of ether oxygens (including phenoxy) is 1. The average molecular weight is 555 g/mol. The zero-order chi connectivity index (χ0) is 26.2. The van der Waals surface area contributed by atoms with E-state index in [1.165, 1.54) is 7.11 Å². The van der Waals surface area contributed by atoms with Gasteiger partial charge in [0.15, 0.2) is 5.11 Å². The van der Waals surface area contributed by atoms with E-state index in [0.29, 0.717) is 38.8 Å². The maximum Gasteiger partial charge on any atom is 0.229 e. The SMILES string of the molecule is COc1cc(N2C(=S)N[C@H](c3ccccn3)[C@H]2c2ccc(-c3ccc(Cl)cc3)o2)ccc1NS(C)(=O)=O. The van der Waals surface area contributed by atoms with E-state index in [0.717, 1.165) is 17.5 Å². The summed E-state index contributed by atoms with van der Waals surface area (Å²) in [5.74, 6) is 1.71. The first kappa shape index (κ1) is 25.1. The minimum atomic E-state index is -3.49. The average Bonchev–Trinajstić information content (AvgIpc) is 3.49. The minimum Gasteiger partial charge on any atom is -0.494 e. The first-order valence-electron chi connectivity index (χ1n) is 11.3. The van der Waals surface area contributed by atoms with E-state index in [4.69, 9.17) is 33.0 Å². The number of thiocarbonyl (C=S) groups is 1. The van der Waals surface area contributed by atoms with Gasteiger partial charge in [0, 0.05) is 28.5 Å². The lowest BCUT2D eigenvalue weighted by Gasteiger charge is -2.26. The van der Waals surface area contributed by atoms with Crippen LogP contribution in [0.3, 0.4) is 0 Å². The van der Waals surface area contributed by atoms with Crippen molar-refractivity contribution in [2.24, 2.45) is 0 Å². The lowest BCUT2D eigenvalue weighted by Crippen LogP contribution is -2.29. The molecule has 0 bridgehead atoms. The summed E-state index contributed by atoms with van der Waals surface area (Å²) >= 11 is 11.8. The molecule has 0 unspecified atom stereocenters. The molecule has 3 heterocycles. The zero-order valence-electron chi connectivity index (χ0n) is 19.9. The first-order chi connectivity index (χ1) is 17.7. The van der Waals surface area contributed by atoms with E-state index in [-0.39, 0.29) is 12.1 Å². The molecular weight excluding hydrogens is 532 g/mol. The van der Waals surface area contributed by atoms with Gasteiger partial charge in [-0.3, -0.25) is 9.71 Å². The number of aromatic nitrogens is 1. The molecule has 2 N–H and O–H groups in total. The van der Waals surface area contributed by atoms with Gasteiger partial charge in [-0.25, -0.2) is 8.42 Å². The van der Waals surface area contributed by atoms with Crippen LogP contribution in [0, 0.1) is 0 Å². The van der Waals surface area contributed by atoms with Crippen LogP contribution < -0.4 is 19.7 Å². The fourth-order valence-corrected chi connectivity index (χ4v) is 5.36. The van der Waals surface area contributed by atoms with Gasteiger partial charge in [-0.15, -0.1) is 0 Å².